The molecule has 0 aliphatic rings. The number of hydrogen-bond donors (Lipinski definition) is 0. The molecular formula is C12H18S2. The van der Waals surface area contributed by atoms with Crippen molar-refractivity contribution in [3.63, 3.8) is 0 Å². The molecule has 1 rings (SSSR count). The Hall–Kier alpha value is -0.0800. The van der Waals surface area contributed by atoms with Crippen LogP contribution in [0.15, 0.2) is 29.2 Å². The summed E-state index contributed by atoms with van der Waals surface area (Å²) in [6.07, 6.45) is 1.12. The van der Waals surface area contributed by atoms with E-state index in [-0.39, 0.29) is 0 Å². The lowest BCUT2D eigenvalue weighted by Gasteiger charge is -2.16. The molecule has 2 heteroatoms. The predicted octanol–water partition coefficient (Wildman–Crippen LogP) is 4.79. The summed E-state index contributed by atoms with van der Waals surface area (Å²) in [5, 5.41) is 0. The maximum Gasteiger partial charge on any atom is 0.0183 e. The van der Waals surface area contributed by atoms with Gasteiger partial charge in [0.05, 0.1) is 0 Å². The number of rotatable bonds is 3. The van der Waals surface area contributed by atoms with E-state index in [2.05, 4.69) is 52.0 Å². The van der Waals surface area contributed by atoms with Crippen molar-refractivity contribution >= 4 is 21.6 Å². The zero-order chi connectivity index (χ0) is 10.6. The fraction of sp³-hybridized carbons (Fsp3) is 0.500. The van der Waals surface area contributed by atoms with E-state index in [1.807, 2.05) is 21.6 Å². The van der Waals surface area contributed by atoms with Gasteiger partial charge in [0.15, 0.2) is 0 Å². The molecule has 78 valence electrons. The lowest BCUT2D eigenvalue weighted by Crippen LogP contribution is -2.04. The highest BCUT2D eigenvalue weighted by molar-refractivity contribution is 8.77. The smallest absolute Gasteiger partial charge is 0.0183 e. The molecule has 0 saturated carbocycles. The van der Waals surface area contributed by atoms with E-state index in [1.165, 1.54) is 10.5 Å². The van der Waals surface area contributed by atoms with Crippen LogP contribution in [-0.2, 0) is 6.42 Å². The molecule has 0 nitrogen and oxygen atoms in total. The molecule has 1 aromatic rings. The van der Waals surface area contributed by atoms with Crippen molar-refractivity contribution in [1.82, 2.24) is 0 Å². The molecule has 0 bridgehead atoms. The summed E-state index contributed by atoms with van der Waals surface area (Å²) in [4.78, 5) is 1.35. The van der Waals surface area contributed by atoms with Crippen molar-refractivity contribution in [2.24, 2.45) is 0 Å². The number of benzene rings is 1. The first kappa shape index (κ1) is 12.0. The van der Waals surface area contributed by atoms with Gasteiger partial charge in [-0.05, 0) is 24.1 Å². The van der Waals surface area contributed by atoms with Crippen LogP contribution in [0.3, 0.4) is 0 Å². The summed E-state index contributed by atoms with van der Waals surface area (Å²) in [5.41, 5.74) is 1.41. The Morgan fingerprint density at radius 2 is 1.64 bits per heavy atom. The number of hydrogen-bond acceptors (Lipinski definition) is 2. The van der Waals surface area contributed by atoms with Gasteiger partial charge in [-0.25, -0.2) is 0 Å². The molecule has 0 spiro atoms. The lowest BCUT2D eigenvalue weighted by atomic mass is 10.2. The van der Waals surface area contributed by atoms with Crippen LogP contribution in [0.1, 0.15) is 33.3 Å². The molecule has 0 heterocycles. The molecule has 0 fully saturated rings. The van der Waals surface area contributed by atoms with Crippen LogP contribution >= 0.6 is 21.6 Å². The number of aryl methyl sites for hydroxylation is 1. The van der Waals surface area contributed by atoms with Crippen LogP contribution in [0, 0.1) is 0 Å². The third-order valence-electron chi connectivity index (χ3n) is 1.72. The molecule has 0 aromatic heterocycles. The Kier molecular flexibility index (Phi) is 4.39. The molecular weight excluding hydrogens is 208 g/mol. The van der Waals surface area contributed by atoms with Crippen LogP contribution in [0.2, 0.25) is 0 Å². The SMILES string of the molecule is CCc1ccc(SSC(C)(C)C)cc1. The summed E-state index contributed by atoms with van der Waals surface area (Å²) in [7, 11) is 3.78. The minimum Gasteiger partial charge on any atom is -0.0830 e. The fourth-order valence-corrected chi connectivity index (χ4v) is 2.92. The van der Waals surface area contributed by atoms with E-state index in [0.717, 1.165) is 6.42 Å². The van der Waals surface area contributed by atoms with E-state index in [0.29, 0.717) is 4.75 Å². The van der Waals surface area contributed by atoms with Gasteiger partial charge in [-0.1, -0.05) is 61.4 Å². The molecule has 1 aromatic carbocycles. The van der Waals surface area contributed by atoms with Gasteiger partial charge < -0.3 is 0 Å². The van der Waals surface area contributed by atoms with Gasteiger partial charge in [-0.3, -0.25) is 0 Å². The first-order valence-electron chi connectivity index (χ1n) is 4.96. The van der Waals surface area contributed by atoms with Crippen molar-refractivity contribution in [2.75, 3.05) is 0 Å². The summed E-state index contributed by atoms with van der Waals surface area (Å²) in [6.45, 7) is 8.91. The molecule has 0 aliphatic heterocycles. The Morgan fingerprint density at radius 1 is 1.07 bits per heavy atom. The van der Waals surface area contributed by atoms with Gasteiger partial charge >= 0.3 is 0 Å². The Bertz CT molecular complexity index is 269. The maximum absolute atomic E-state index is 2.24. The average molecular weight is 226 g/mol. The van der Waals surface area contributed by atoms with Gasteiger partial charge in [-0.15, -0.1) is 0 Å². The van der Waals surface area contributed by atoms with Gasteiger partial charge in [0.2, 0.25) is 0 Å². The minimum atomic E-state index is 0.327. The van der Waals surface area contributed by atoms with Gasteiger partial charge in [0.25, 0.3) is 0 Å². The third kappa shape index (κ3) is 4.43. The van der Waals surface area contributed by atoms with Gasteiger partial charge in [-0.2, -0.15) is 0 Å². The standard InChI is InChI=1S/C12H18S2/c1-5-10-6-8-11(9-7-10)13-14-12(2,3)4/h6-9H,5H2,1-4H3. The molecule has 0 atom stereocenters. The van der Waals surface area contributed by atoms with Crippen molar-refractivity contribution in [2.45, 2.75) is 43.8 Å². The topological polar surface area (TPSA) is 0 Å². The highest BCUT2D eigenvalue weighted by atomic mass is 33.1. The molecule has 0 aliphatic carbocycles. The van der Waals surface area contributed by atoms with Gasteiger partial charge in [0.1, 0.15) is 0 Å². The summed E-state index contributed by atoms with van der Waals surface area (Å²) < 4.78 is 0.327. The largest absolute Gasteiger partial charge is 0.0830 e. The van der Waals surface area contributed by atoms with Gasteiger partial charge in [0, 0.05) is 9.64 Å². The first-order valence-corrected chi connectivity index (χ1v) is 7.11. The fourth-order valence-electron chi connectivity index (χ4n) is 0.954. The second kappa shape index (κ2) is 5.13. The molecule has 0 amide bonds. The summed E-state index contributed by atoms with van der Waals surface area (Å²) in [6, 6.07) is 8.85. The van der Waals surface area contributed by atoms with Crippen molar-refractivity contribution < 1.29 is 0 Å². The van der Waals surface area contributed by atoms with Crippen LogP contribution in [0.25, 0.3) is 0 Å². The monoisotopic (exact) mass is 226 g/mol. The average Bonchev–Trinajstić information content (AvgIpc) is 2.14. The Morgan fingerprint density at radius 3 is 2.07 bits per heavy atom. The van der Waals surface area contributed by atoms with Crippen LogP contribution in [-0.4, -0.2) is 4.75 Å². The zero-order valence-electron chi connectivity index (χ0n) is 9.33. The predicted molar refractivity (Wildman–Crippen MR) is 69.0 cm³/mol. The normalized spacial score (nSPS) is 11.7. The van der Waals surface area contributed by atoms with E-state index < -0.39 is 0 Å². The van der Waals surface area contributed by atoms with Crippen LogP contribution in [0.4, 0.5) is 0 Å². The van der Waals surface area contributed by atoms with E-state index >= 15 is 0 Å². The molecule has 14 heavy (non-hydrogen) atoms. The maximum atomic E-state index is 2.24. The molecule has 0 N–H and O–H groups in total. The first-order chi connectivity index (χ1) is 6.51. The Balaban J connectivity index is 2.52. The second-order valence-electron chi connectivity index (χ2n) is 4.28. The highest BCUT2D eigenvalue weighted by Crippen LogP contribution is 2.40. The highest BCUT2D eigenvalue weighted by Gasteiger charge is 2.11. The van der Waals surface area contributed by atoms with Crippen molar-refractivity contribution in [3.8, 4) is 0 Å². The van der Waals surface area contributed by atoms with Crippen LogP contribution in [0.5, 0.6) is 0 Å². The Labute approximate surface area is 95.3 Å². The lowest BCUT2D eigenvalue weighted by molar-refractivity contribution is 0.810. The quantitative estimate of drug-likeness (QED) is 0.680. The molecule has 0 saturated heterocycles. The van der Waals surface area contributed by atoms with Crippen LogP contribution < -0.4 is 0 Å². The molecule has 0 radical (unpaired) electrons. The summed E-state index contributed by atoms with van der Waals surface area (Å²) >= 11 is 0. The van der Waals surface area contributed by atoms with E-state index in [4.69, 9.17) is 0 Å². The summed E-state index contributed by atoms with van der Waals surface area (Å²) in [5.74, 6) is 0. The zero-order valence-corrected chi connectivity index (χ0v) is 11.0. The van der Waals surface area contributed by atoms with Crippen molar-refractivity contribution in [1.29, 1.82) is 0 Å². The molecule has 0 unspecified atom stereocenters. The van der Waals surface area contributed by atoms with E-state index in [1.54, 1.807) is 0 Å². The second-order valence-corrected chi connectivity index (χ2v) is 7.31. The van der Waals surface area contributed by atoms with E-state index in [9.17, 15) is 0 Å². The third-order valence-corrected chi connectivity index (χ3v) is 5.09. The minimum absolute atomic E-state index is 0.327. The van der Waals surface area contributed by atoms with Crippen molar-refractivity contribution in [3.05, 3.63) is 29.8 Å².